The van der Waals surface area contributed by atoms with Crippen molar-refractivity contribution >= 4 is 20.6 Å². The lowest BCUT2D eigenvalue weighted by Crippen LogP contribution is -2.38. The van der Waals surface area contributed by atoms with Gasteiger partial charge >= 0.3 is 0 Å². The van der Waals surface area contributed by atoms with Gasteiger partial charge in [0.25, 0.3) is 0 Å². The summed E-state index contributed by atoms with van der Waals surface area (Å²) >= 11 is 0. The summed E-state index contributed by atoms with van der Waals surface area (Å²) in [5, 5.41) is 2.38. The van der Waals surface area contributed by atoms with E-state index in [1.54, 1.807) is 0 Å². The van der Waals surface area contributed by atoms with Crippen LogP contribution in [0.25, 0.3) is 10.8 Å². The van der Waals surface area contributed by atoms with E-state index in [0.29, 0.717) is 6.42 Å². The van der Waals surface area contributed by atoms with Crippen LogP contribution in [0.15, 0.2) is 42.5 Å². The molecule has 2 aromatic carbocycles. The minimum Gasteiger partial charge on any atom is -0.271 e. The molecule has 1 unspecified atom stereocenters. The van der Waals surface area contributed by atoms with Gasteiger partial charge in [-0.15, -0.1) is 0 Å². The van der Waals surface area contributed by atoms with Gasteiger partial charge in [0.15, 0.2) is 0 Å². The van der Waals surface area contributed by atoms with Gasteiger partial charge in [-0.25, -0.2) is 8.42 Å². The maximum absolute atomic E-state index is 11.2. The molecule has 108 valence electrons. The van der Waals surface area contributed by atoms with Gasteiger partial charge in [0, 0.05) is 12.3 Å². The van der Waals surface area contributed by atoms with E-state index in [4.69, 9.17) is 5.84 Å². The van der Waals surface area contributed by atoms with Gasteiger partial charge < -0.3 is 0 Å². The first-order chi connectivity index (χ1) is 9.48. The highest BCUT2D eigenvalue weighted by Crippen LogP contribution is 2.17. The van der Waals surface area contributed by atoms with E-state index in [2.05, 4.69) is 35.8 Å². The Morgan fingerprint density at radius 3 is 2.50 bits per heavy atom. The Morgan fingerprint density at radius 2 is 1.85 bits per heavy atom. The summed E-state index contributed by atoms with van der Waals surface area (Å²) in [5.74, 6) is 5.67. The average Bonchev–Trinajstić information content (AvgIpc) is 2.42. The minimum atomic E-state index is -2.95. The van der Waals surface area contributed by atoms with Crippen molar-refractivity contribution in [1.82, 2.24) is 5.43 Å². The van der Waals surface area contributed by atoms with Crippen LogP contribution in [-0.2, 0) is 16.3 Å². The summed E-state index contributed by atoms with van der Waals surface area (Å²) in [6.45, 7) is 0. The number of rotatable bonds is 6. The SMILES string of the molecule is CS(=O)(=O)CCC(Cc1ccc2ccccc2c1)NN. The van der Waals surface area contributed by atoms with Gasteiger partial charge in [-0.1, -0.05) is 42.5 Å². The molecule has 0 aliphatic heterocycles. The number of nitrogens with two attached hydrogens (primary N) is 1. The molecule has 0 spiro atoms. The van der Waals surface area contributed by atoms with Crippen molar-refractivity contribution < 1.29 is 8.42 Å². The van der Waals surface area contributed by atoms with Crippen molar-refractivity contribution in [3.8, 4) is 0 Å². The standard InChI is InChI=1S/C15H20N2O2S/c1-20(18,19)9-8-15(17-16)11-12-6-7-13-4-2-3-5-14(13)10-12/h2-7,10,15,17H,8-9,11,16H2,1H3. The van der Waals surface area contributed by atoms with Crippen LogP contribution in [0.4, 0.5) is 0 Å². The van der Waals surface area contributed by atoms with Gasteiger partial charge in [-0.3, -0.25) is 11.3 Å². The van der Waals surface area contributed by atoms with Crippen LogP contribution in [0, 0.1) is 0 Å². The van der Waals surface area contributed by atoms with E-state index in [9.17, 15) is 8.42 Å². The summed E-state index contributed by atoms with van der Waals surface area (Å²) < 4.78 is 22.4. The van der Waals surface area contributed by atoms with Crippen LogP contribution in [0.1, 0.15) is 12.0 Å². The van der Waals surface area contributed by atoms with E-state index < -0.39 is 9.84 Å². The molecule has 0 fully saturated rings. The highest BCUT2D eigenvalue weighted by Gasteiger charge is 2.12. The lowest BCUT2D eigenvalue weighted by atomic mass is 10.0. The number of fused-ring (bicyclic) bond motifs is 1. The molecule has 0 radical (unpaired) electrons. The Kier molecular flexibility index (Phi) is 4.75. The highest BCUT2D eigenvalue weighted by molar-refractivity contribution is 7.90. The first-order valence-electron chi connectivity index (χ1n) is 6.59. The molecule has 0 aliphatic carbocycles. The first-order valence-corrected chi connectivity index (χ1v) is 8.65. The molecule has 0 heterocycles. The maximum atomic E-state index is 11.2. The monoisotopic (exact) mass is 292 g/mol. The quantitative estimate of drug-likeness (QED) is 0.627. The summed E-state index contributed by atoms with van der Waals surface area (Å²) in [6.07, 6.45) is 2.48. The summed E-state index contributed by atoms with van der Waals surface area (Å²) in [5.41, 5.74) is 3.86. The number of hydrazine groups is 1. The first kappa shape index (κ1) is 15.0. The lowest BCUT2D eigenvalue weighted by Gasteiger charge is -2.15. The van der Waals surface area contributed by atoms with Gasteiger partial charge in [-0.2, -0.15) is 0 Å². The molecule has 0 saturated heterocycles. The third kappa shape index (κ3) is 4.30. The number of sulfone groups is 1. The molecular formula is C15H20N2O2S. The van der Waals surface area contributed by atoms with E-state index >= 15 is 0 Å². The Hall–Kier alpha value is -1.43. The van der Waals surface area contributed by atoms with Crippen molar-refractivity contribution in [2.45, 2.75) is 18.9 Å². The van der Waals surface area contributed by atoms with E-state index in [-0.39, 0.29) is 11.8 Å². The fourth-order valence-electron chi connectivity index (χ4n) is 2.25. The summed E-state index contributed by atoms with van der Waals surface area (Å²) in [7, 11) is -2.95. The third-order valence-electron chi connectivity index (χ3n) is 3.37. The molecule has 5 heteroatoms. The third-order valence-corrected chi connectivity index (χ3v) is 4.35. The number of benzene rings is 2. The second-order valence-electron chi connectivity index (χ2n) is 5.17. The number of nitrogens with one attached hydrogen (secondary N) is 1. The van der Waals surface area contributed by atoms with Gasteiger partial charge in [0.05, 0.1) is 5.75 Å². The largest absolute Gasteiger partial charge is 0.271 e. The molecular weight excluding hydrogens is 272 g/mol. The second-order valence-corrected chi connectivity index (χ2v) is 7.43. The van der Waals surface area contributed by atoms with Crippen LogP contribution >= 0.6 is 0 Å². The fraction of sp³-hybridized carbons (Fsp3) is 0.333. The van der Waals surface area contributed by atoms with Gasteiger partial charge in [0.1, 0.15) is 9.84 Å². The molecule has 2 rings (SSSR count). The van der Waals surface area contributed by atoms with Crippen LogP contribution in [0.5, 0.6) is 0 Å². The molecule has 1 atom stereocenters. The van der Waals surface area contributed by atoms with Crippen molar-refractivity contribution in [2.24, 2.45) is 5.84 Å². The Labute approximate surface area is 119 Å². The molecule has 4 nitrogen and oxygen atoms in total. The van der Waals surface area contributed by atoms with E-state index in [1.165, 1.54) is 17.0 Å². The predicted octanol–water partition coefficient (Wildman–Crippen LogP) is 1.65. The molecule has 0 aromatic heterocycles. The van der Waals surface area contributed by atoms with Crippen LogP contribution in [-0.4, -0.2) is 26.5 Å². The zero-order chi connectivity index (χ0) is 14.6. The lowest BCUT2D eigenvalue weighted by molar-refractivity contribution is 0.507. The van der Waals surface area contributed by atoms with Gasteiger partial charge in [-0.05, 0) is 29.2 Å². The second kappa shape index (κ2) is 6.35. The normalized spacial score (nSPS) is 13.5. The van der Waals surface area contributed by atoms with Crippen LogP contribution in [0.2, 0.25) is 0 Å². The summed E-state index contributed by atoms with van der Waals surface area (Å²) in [4.78, 5) is 0. The van der Waals surface area contributed by atoms with Crippen molar-refractivity contribution in [2.75, 3.05) is 12.0 Å². The van der Waals surface area contributed by atoms with Crippen molar-refractivity contribution in [3.63, 3.8) is 0 Å². The maximum Gasteiger partial charge on any atom is 0.147 e. The van der Waals surface area contributed by atoms with E-state index in [1.807, 2.05) is 12.1 Å². The molecule has 0 amide bonds. The Bertz CT molecular complexity index is 683. The Balaban J connectivity index is 2.09. The Morgan fingerprint density at radius 1 is 1.15 bits per heavy atom. The minimum absolute atomic E-state index is 0.0362. The molecule has 20 heavy (non-hydrogen) atoms. The van der Waals surface area contributed by atoms with Crippen LogP contribution in [0.3, 0.4) is 0 Å². The van der Waals surface area contributed by atoms with Gasteiger partial charge in [0.2, 0.25) is 0 Å². The fourth-order valence-corrected chi connectivity index (χ4v) is 2.96. The topological polar surface area (TPSA) is 72.2 Å². The number of hydrogen-bond acceptors (Lipinski definition) is 4. The molecule has 0 aliphatic rings. The summed E-state index contributed by atoms with van der Waals surface area (Å²) in [6, 6.07) is 14.4. The van der Waals surface area contributed by atoms with Crippen LogP contribution < -0.4 is 11.3 Å². The number of hydrogen-bond donors (Lipinski definition) is 2. The highest BCUT2D eigenvalue weighted by atomic mass is 32.2. The van der Waals surface area contributed by atoms with Crippen molar-refractivity contribution in [3.05, 3.63) is 48.0 Å². The van der Waals surface area contributed by atoms with Crippen molar-refractivity contribution in [1.29, 1.82) is 0 Å². The average molecular weight is 292 g/mol. The molecule has 0 saturated carbocycles. The smallest absolute Gasteiger partial charge is 0.147 e. The molecule has 0 bridgehead atoms. The zero-order valence-electron chi connectivity index (χ0n) is 11.5. The molecule has 2 aromatic rings. The zero-order valence-corrected chi connectivity index (χ0v) is 12.4. The predicted molar refractivity (Wildman–Crippen MR) is 83.1 cm³/mol. The molecule has 3 N–H and O–H groups in total. The van der Waals surface area contributed by atoms with E-state index in [0.717, 1.165) is 12.0 Å².